The van der Waals surface area contributed by atoms with E-state index in [0.717, 1.165) is 22.6 Å². The van der Waals surface area contributed by atoms with Gasteiger partial charge in [-0.05, 0) is 36.8 Å². The predicted octanol–water partition coefficient (Wildman–Crippen LogP) is 4.12. The number of rotatable bonds is 10. The smallest absolute Gasteiger partial charge is 0.269 e. The summed E-state index contributed by atoms with van der Waals surface area (Å²) in [7, 11) is 1.66. The Kier molecular flexibility index (Phi) is 6.80. The van der Waals surface area contributed by atoms with Gasteiger partial charge in [0.1, 0.15) is 5.75 Å². The fourth-order valence-corrected chi connectivity index (χ4v) is 2.96. The van der Waals surface area contributed by atoms with E-state index in [2.05, 4.69) is 14.9 Å². The van der Waals surface area contributed by atoms with Crippen molar-refractivity contribution >= 4 is 11.6 Å². The minimum Gasteiger partial charge on any atom is -0.494 e. The van der Waals surface area contributed by atoms with Crippen LogP contribution in [0.15, 0.2) is 54.7 Å². The van der Waals surface area contributed by atoms with E-state index < -0.39 is 4.92 Å². The van der Waals surface area contributed by atoms with E-state index >= 15 is 0 Å². The molecule has 3 aromatic rings. The monoisotopic (exact) mass is 396 g/mol. The van der Waals surface area contributed by atoms with Gasteiger partial charge >= 0.3 is 0 Å². The lowest BCUT2D eigenvalue weighted by Crippen LogP contribution is -2.11. The summed E-state index contributed by atoms with van der Waals surface area (Å²) in [4.78, 5) is 14.9. The molecule has 0 atom stereocenters. The number of hydrogen-bond donors (Lipinski definition) is 1. The maximum Gasteiger partial charge on any atom is 0.269 e. The molecule has 152 valence electrons. The molecule has 0 fully saturated rings. The second-order valence-corrected chi connectivity index (χ2v) is 6.35. The lowest BCUT2D eigenvalue weighted by molar-refractivity contribution is -0.384. The average Bonchev–Trinajstić information content (AvgIpc) is 3.14. The van der Waals surface area contributed by atoms with Crippen LogP contribution >= 0.6 is 0 Å². The fourth-order valence-electron chi connectivity index (χ4n) is 2.96. The number of hydrogen-bond acceptors (Lipinski definition) is 6. The van der Waals surface area contributed by atoms with Crippen LogP contribution in [0.5, 0.6) is 5.75 Å². The summed E-state index contributed by atoms with van der Waals surface area (Å²) in [5, 5.41) is 14.1. The number of methoxy groups -OCH3 is 1. The minimum atomic E-state index is -0.405. The number of benzene rings is 2. The number of imidazole rings is 1. The second-order valence-electron chi connectivity index (χ2n) is 6.35. The summed E-state index contributed by atoms with van der Waals surface area (Å²) in [5.41, 5.74) is 3.00. The normalized spacial score (nSPS) is 10.7. The van der Waals surface area contributed by atoms with Gasteiger partial charge in [0.15, 0.2) is 0 Å². The molecule has 8 heteroatoms. The molecule has 1 heterocycles. The molecule has 0 saturated heterocycles. The summed E-state index contributed by atoms with van der Waals surface area (Å²) in [6.45, 7) is 4.28. The van der Waals surface area contributed by atoms with Gasteiger partial charge in [-0.15, -0.1) is 0 Å². The quantitative estimate of drug-likeness (QED) is 0.409. The molecule has 0 bridgehead atoms. The van der Waals surface area contributed by atoms with Crippen molar-refractivity contribution < 1.29 is 14.4 Å². The molecule has 0 aliphatic rings. The number of nitrogens with one attached hydrogen (secondary N) is 1. The molecule has 0 saturated carbocycles. The largest absolute Gasteiger partial charge is 0.494 e. The lowest BCUT2D eigenvalue weighted by atomic mass is 10.1. The summed E-state index contributed by atoms with van der Waals surface area (Å²) in [5.74, 6) is 1.54. The molecule has 0 aliphatic heterocycles. The van der Waals surface area contributed by atoms with Crippen molar-refractivity contribution in [3.8, 4) is 17.0 Å². The SMILES string of the molecule is CCOc1ccc(-c2cnc(NCc3ccc([N+](=O)[O-])cc3)n2CCOC)cc1. The highest BCUT2D eigenvalue weighted by Gasteiger charge is 2.12. The Morgan fingerprint density at radius 3 is 2.48 bits per heavy atom. The molecule has 0 spiro atoms. The predicted molar refractivity (Wildman–Crippen MR) is 111 cm³/mol. The van der Waals surface area contributed by atoms with Crippen molar-refractivity contribution in [1.29, 1.82) is 0 Å². The van der Waals surface area contributed by atoms with Crippen LogP contribution in [0.4, 0.5) is 11.6 Å². The van der Waals surface area contributed by atoms with Gasteiger partial charge in [0.2, 0.25) is 5.95 Å². The Labute approximate surface area is 169 Å². The molecule has 1 aromatic heterocycles. The van der Waals surface area contributed by atoms with E-state index in [0.29, 0.717) is 32.3 Å². The van der Waals surface area contributed by atoms with Crippen LogP contribution in [0, 0.1) is 10.1 Å². The molecule has 8 nitrogen and oxygen atoms in total. The zero-order chi connectivity index (χ0) is 20.6. The molecule has 1 N–H and O–H groups in total. The number of anilines is 1. The van der Waals surface area contributed by atoms with Crippen LogP contribution in [0.3, 0.4) is 0 Å². The molecule has 0 radical (unpaired) electrons. The molecule has 0 aliphatic carbocycles. The Morgan fingerprint density at radius 1 is 1.14 bits per heavy atom. The molecule has 0 amide bonds. The molecule has 29 heavy (non-hydrogen) atoms. The summed E-state index contributed by atoms with van der Waals surface area (Å²) >= 11 is 0. The van der Waals surface area contributed by atoms with Crippen LogP contribution in [-0.4, -0.2) is 34.8 Å². The first-order valence-electron chi connectivity index (χ1n) is 9.37. The first-order chi connectivity index (χ1) is 14.1. The van der Waals surface area contributed by atoms with E-state index in [4.69, 9.17) is 9.47 Å². The van der Waals surface area contributed by atoms with E-state index in [1.165, 1.54) is 12.1 Å². The number of aromatic nitrogens is 2. The van der Waals surface area contributed by atoms with Gasteiger partial charge in [-0.2, -0.15) is 0 Å². The lowest BCUT2D eigenvalue weighted by Gasteiger charge is -2.13. The van der Waals surface area contributed by atoms with Crippen molar-refractivity contribution in [3.63, 3.8) is 0 Å². The van der Waals surface area contributed by atoms with Crippen LogP contribution in [0.2, 0.25) is 0 Å². The highest BCUT2D eigenvalue weighted by molar-refractivity contribution is 5.62. The minimum absolute atomic E-state index is 0.0770. The number of nitro groups is 1. The van der Waals surface area contributed by atoms with Gasteiger partial charge in [0.25, 0.3) is 5.69 Å². The van der Waals surface area contributed by atoms with Crippen molar-refractivity contribution in [1.82, 2.24) is 9.55 Å². The maximum atomic E-state index is 10.8. The van der Waals surface area contributed by atoms with Crippen LogP contribution in [-0.2, 0) is 17.8 Å². The Bertz CT molecular complexity index is 936. The average molecular weight is 396 g/mol. The molecule has 2 aromatic carbocycles. The van der Waals surface area contributed by atoms with Gasteiger partial charge in [0, 0.05) is 37.9 Å². The molecular formula is C21H24N4O4. The van der Waals surface area contributed by atoms with Crippen LogP contribution < -0.4 is 10.1 Å². The van der Waals surface area contributed by atoms with E-state index in [1.807, 2.05) is 37.4 Å². The van der Waals surface area contributed by atoms with Gasteiger partial charge in [0.05, 0.1) is 30.0 Å². The topological polar surface area (TPSA) is 91.5 Å². The number of non-ortho nitro benzene ring substituents is 1. The Balaban J connectivity index is 1.78. The number of nitrogens with zero attached hydrogens (tertiary/aromatic N) is 3. The van der Waals surface area contributed by atoms with Crippen molar-refractivity contribution in [2.75, 3.05) is 25.6 Å². The van der Waals surface area contributed by atoms with Gasteiger partial charge in [-0.1, -0.05) is 12.1 Å². The highest BCUT2D eigenvalue weighted by atomic mass is 16.6. The molecule has 0 unspecified atom stereocenters. The first kappa shape index (κ1) is 20.3. The fraction of sp³-hybridized carbons (Fsp3) is 0.286. The number of ether oxygens (including phenoxy) is 2. The zero-order valence-corrected chi connectivity index (χ0v) is 16.5. The van der Waals surface area contributed by atoms with Gasteiger partial charge in [-0.3, -0.25) is 10.1 Å². The Hall–Kier alpha value is -3.39. The maximum absolute atomic E-state index is 10.8. The van der Waals surface area contributed by atoms with Crippen molar-refractivity contribution in [3.05, 3.63) is 70.4 Å². The highest BCUT2D eigenvalue weighted by Crippen LogP contribution is 2.26. The summed E-state index contributed by atoms with van der Waals surface area (Å²) in [6.07, 6.45) is 1.82. The van der Waals surface area contributed by atoms with E-state index in [9.17, 15) is 10.1 Å². The van der Waals surface area contributed by atoms with E-state index in [1.54, 1.807) is 19.2 Å². The van der Waals surface area contributed by atoms with Crippen LogP contribution in [0.1, 0.15) is 12.5 Å². The number of nitro benzene ring substituents is 1. The third-order valence-corrected chi connectivity index (χ3v) is 4.43. The van der Waals surface area contributed by atoms with Crippen LogP contribution in [0.25, 0.3) is 11.3 Å². The third-order valence-electron chi connectivity index (χ3n) is 4.43. The van der Waals surface area contributed by atoms with Crippen molar-refractivity contribution in [2.24, 2.45) is 0 Å². The molecular weight excluding hydrogens is 372 g/mol. The third kappa shape index (κ3) is 5.11. The zero-order valence-electron chi connectivity index (χ0n) is 16.5. The standard InChI is InChI=1S/C21H24N4O4/c1-3-29-19-10-6-17(7-11-19)20-15-23-21(24(20)12-13-28-2)22-14-16-4-8-18(9-5-16)25(26)27/h4-11,15H,3,12-14H2,1-2H3,(H,22,23). The molecule has 3 rings (SSSR count). The second kappa shape index (κ2) is 9.70. The summed E-state index contributed by atoms with van der Waals surface area (Å²) in [6, 6.07) is 14.4. The van der Waals surface area contributed by atoms with Gasteiger partial charge < -0.3 is 19.4 Å². The first-order valence-corrected chi connectivity index (χ1v) is 9.37. The van der Waals surface area contributed by atoms with Gasteiger partial charge in [-0.25, -0.2) is 4.98 Å². The van der Waals surface area contributed by atoms with E-state index in [-0.39, 0.29) is 5.69 Å². The summed E-state index contributed by atoms with van der Waals surface area (Å²) < 4.78 is 12.8. The Morgan fingerprint density at radius 2 is 1.86 bits per heavy atom. The van der Waals surface area contributed by atoms with Crippen molar-refractivity contribution in [2.45, 2.75) is 20.0 Å².